The molecule has 0 spiro atoms. The van der Waals surface area contributed by atoms with E-state index < -0.39 is 29.5 Å². The van der Waals surface area contributed by atoms with Crippen molar-refractivity contribution in [3.8, 4) is 11.5 Å². The molecule has 0 saturated carbocycles. The Morgan fingerprint density at radius 2 is 1.53 bits per heavy atom. The van der Waals surface area contributed by atoms with E-state index in [9.17, 15) is 19.5 Å². The first-order chi connectivity index (χ1) is 17.2. The van der Waals surface area contributed by atoms with Gasteiger partial charge in [-0.2, -0.15) is 0 Å². The minimum atomic E-state index is -1.07. The van der Waals surface area contributed by atoms with Gasteiger partial charge in [0.2, 0.25) is 0 Å². The SMILES string of the molecule is COc1ccc(C2/C(=C(\O)c3cc(OC)ccc3Cl)C(=O)C(=O)N2Cc2ccc(C(=O)O)cc2)cc1. The van der Waals surface area contributed by atoms with Crippen molar-refractivity contribution >= 4 is 35.0 Å². The number of aliphatic hydroxyl groups excluding tert-OH is 1. The fourth-order valence-electron chi connectivity index (χ4n) is 4.08. The molecule has 36 heavy (non-hydrogen) atoms. The second-order valence-electron chi connectivity index (χ2n) is 8.05. The number of aromatic carboxylic acids is 1. The van der Waals surface area contributed by atoms with Crippen LogP contribution in [0.15, 0.2) is 72.3 Å². The highest BCUT2D eigenvalue weighted by atomic mass is 35.5. The van der Waals surface area contributed by atoms with E-state index in [4.69, 9.17) is 26.2 Å². The van der Waals surface area contributed by atoms with Gasteiger partial charge in [-0.05, 0) is 53.6 Å². The van der Waals surface area contributed by atoms with Crippen LogP contribution in [0.25, 0.3) is 5.76 Å². The number of benzene rings is 3. The average molecular weight is 508 g/mol. The lowest BCUT2D eigenvalue weighted by atomic mass is 9.95. The number of hydrogen-bond acceptors (Lipinski definition) is 6. The Labute approximate surface area is 211 Å². The second kappa shape index (κ2) is 10.1. The van der Waals surface area contributed by atoms with Gasteiger partial charge in [0.15, 0.2) is 0 Å². The molecular weight excluding hydrogens is 486 g/mol. The van der Waals surface area contributed by atoms with Gasteiger partial charge in [-0.25, -0.2) is 4.79 Å². The van der Waals surface area contributed by atoms with Crippen molar-refractivity contribution < 1.29 is 34.1 Å². The van der Waals surface area contributed by atoms with Crippen LogP contribution >= 0.6 is 11.6 Å². The first-order valence-corrected chi connectivity index (χ1v) is 11.2. The molecule has 1 fully saturated rings. The number of halogens is 1. The standard InChI is InChI=1S/C27H22ClNO7/c1-35-18-9-7-16(8-10-18)23-22(24(30)20-13-19(36-2)11-12-21(20)28)25(31)26(32)29(23)14-15-3-5-17(6-4-15)27(33)34/h3-13,23,30H,14H2,1-2H3,(H,33,34)/b24-22+. The summed E-state index contributed by atoms with van der Waals surface area (Å²) in [5, 5.41) is 20.6. The topological polar surface area (TPSA) is 113 Å². The Hall–Kier alpha value is -4.30. The number of ketones is 1. The Morgan fingerprint density at radius 3 is 2.11 bits per heavy atom. The summed E-state index contributed by atoms with van der Waals surface area (Å²) in [6.07, 6.45) is 0. The van der Waals surface area contributed by atoms with Gasteiger partial charge in [0.1, 0.15) is 17.3 Å². The number of likely N-dealkylation sites (tertiary alicyclic amines) is 1. The second-order valence-corrected chi connectivity index (χ2v) is 8.46. The zero-order chi connectivity index (χ0) is 26.0. The van der Waals surface area contributed by atoms with Gasteiger partial charge in [0.05, 0.1) is 36.4 Å². The third-order valence-electron chi connectivity index (χ3n) is 5.95. The average Bonchev–Trinajstić information content (AvgIpc) is 3.14. The number of rotatable bonds is 7. The van der Waals surface area contributed by atoms with Crippen molar-refractivity contribution in [2.45, 2.75) is 12.6 Å². The largest absolute Gasteiger partial charge is 0.507 e. The van der Waals surface area contributed by atoms with Gasteiger partial charge < -0.3 is 24.6 Å². The van der Waals surface area contributed by atoms with Gasteiger partial charge in [-0.15, -0.1) is 0 Å². The van der Waals surface area contributed by atoms with Gasteiger partial charge in [-0.3, -0.25) is 9.59 Å². The quantitative estimate of drug-likeness (QED) is 0.271. The van der Waals surface area contributed by atoms with Crippen LogP contribution in [0.4, 0.5) is 0 Å². The zero-order valence-electron chi connectivity index (χ0n) is 19.4. The number of carboxylic acids is 1. The number of hydrogen-bond donors (Lipinski definition) is 2. The van der Waals surface area contributed by atoms with E-state index in [1.54, 1.807) is 42.5 Å². The van der Waals surface area contributed by atoms with Crippen LogP contribution in [0.5, 0.6) is 11.5 Å². The number of Topliss-reactive ketones (excluding diaryl/α,β-unsaturated/α-hetero) is 1. The Bertz CT molecular complexity index is 1360. The molecule has 2 N–H and O–H groups in total. The van der Waals surface area contributed by atoms with Crippen LogP contribution in [-0.4, -0.2) is 47.0 Å². The number of amides is 1. The van der Waals surface area contributed by atoms with E-state index in [2.05, 4.69) is 0 Å². The molecule has 1 saturated heterocycles. The molecule has 1 heterocycles. The van der Waals surface area contributed by atoms with Crippen LogP contribution in [-0.2, 0) is 16.1 Å². The zero-order valence-corrected chi connectivity index (χ0v) is 20.2. The third kappa shape index (κ3) is 4.63. The molecule has 0 bridgehead atoms. The third-order valence-corrected chi connectivity index (χ3v) is 6.28. The van der Waals surface area contributed by atoms with E-state index in [0.29, 0.717) is 22.6 Å². The summed E-state index contributed by atoms with van der Waals surface area (Å²) in [5.41, 5.74) is 1.30. The van der Waals surface area contributed by atoms with Crippen molar-refractivity contribution in [2.24, 2.45) is 0 Å². The molecule has 0 radical (unpaired) electrons. The molecule has 4 rings (SSSR count). The molecule has 0 aliphatic carbocycles. The molecule has 0 aromatic heterocycles. The smallest absolute Gasteiger partial charge is 0.335 e. The van der Waals surface area contributed by atoms with Crippen molar-refractivity contribution in [3.63, 3.8) is 0 Å². The van der Waals surface area contributed by atoms with Crippen LogP contribution < -0.4 is 9.47 Å². The fraction of sp³-hybridized carbons (Fsp3) is 0.148. The van der Waals surface area contributed by atoms with E-state index >= 15 is 0 Å². The number of carboxylic acid groups (broad SMARTS) is 1. The van der Waals surface area contributed by atoms with E-state index in [-0.39, 0.29) is 28.3 Å². The van der Waals surface area contributed by atoms with Gasteiger partial charge >= 0.3 is 5.97 Å². The lowest BCUT2D eigenvalue weighted by Crippen LogP contribution is -2.29. The summed E-state index contributed by atoms with van der Waals surface area (Å²) in [7, 11) is 2.98. The molecule has 3 aromatic rings. The molecule has 1 aliphatic heterocycles. The Balaban J connectivity index is 1.85. The maximum absolute atomic E-state index is 13.3. The van der Waals surface area contributed by atoms with Gasteiger partial charge in [0, 0.05) is 12.1 Å². The Kier molecular flexibility index (Phi) is 6.98. The molecule has 9 heteroatoms. The minimum absolute atomic E-state index is 0.00376. The number of ether oxygens (including phenoxy) is 2. The lowest BCUT2D eigenvalue weighted by molar-refractivity contribution is -0.140. The predicted molar refractivity (Wildman–Crippen MR) is 132 cm³/mol. The number of aliphatic hydroxyl groups is 1. The summed E-state index contributed by atoms with van der Waals surface area (Å²) in [4.78, 5) is 39.0. The summed E-state index contributed by atoms with van der Waals surface area (Å²) in [5.74, 6) is -2.18. The molecule has 3 aromatic carbocycles. The van der Waals surface area contributed by atoms with Crippen LogP contribution in [0.2, 0.25) is 5.02 Å². The number of nitrogens with zero attached hydrogens (tertiary/aromatic N) is 1. The highest BCUT2D eigenvalue weighted by Gasteiger charge is 2.46. The number of carbonyl (C=O) groups excluding carboxylic acids is 2. The lowest BCUT2D eigenvalue weighted by Gasteiger charge is -2.25. The highest BCUT2D eigenvalue weighted by Crippen LogP contribution is 2.42. The Morgan fingerprint density at radius 1 is 0.917 bits per heavy atom. The van der Waals surface area contributed by atoms with Gasteiger partial charge in [-0.1, -0.05) is 35.9 Å². The molecule has 184 valence electrons. The van der Waals surface area contributed by atoms with Crippen LogP contribution in [0.1, 0.15) is 33.1 Å². The minimum Gasteiger partial charge on any atom is -0.507 e. The van der Waals surface area contributed by atoms with E-state index in [0.717, 1.165) is 0 Å². The maximum atomic E-state index is 13.3. The first-order valence-electron chi connectivity index (χ1n) is 10.8. The maximum Gasteiger partial charge on any atom is 0.335 e. The number of methoxy groups -OCH3 is 2. The van der Waals surface area contributed by atoms with Crippen LogP contribution in [0, 0.1) is 0 Å². The monoisotopic (exact) mass is 507 g/mol. The predicted octanol–water partition coefficient (Wildman–Crippen LogP) is 4.68. The molecule has 1 atom stereocenters. The van der Waals surface area contributed by atoms with E-state index in [1.807, 2.05) is 0 Å². The molecule has 8 nitrogen and oxygen atoms in total. The first kappa shape index (κ1) is 24.8. The summed E-state index contributed by atoms with van der Waals surface area (Å²) in [6.45, 7) is 0.00376. The van der Waals surface area contributed by atoms with Crippen LogP contribution in [0.3, 0.4) is 0 Å². The molecular formula is C27H22ClNO7. The van der Waals surface area contributed by atoms with Crippen molar-refractivity contribution in [3.05, 3.63) is 99.6 Å². The summed E-state index contributed by atoms with van der Waals surface area (Å²) in [6, 6.07) is 16.5. The van der Waals surface area contributed by atoms with E-state index in [1.165, 1.54) is 43.4 Å². The molecule has 1 aliphatic rings. The number of carbonyl (C=O) groups is 3. The summed E-state index contributed by atoms with van der Waals surface area (Å²) < 4.78 is 10.4. The molecule has 1 unspecified atom stereocenters. The van der Waals surface area contributed by atoms with Crippen molar-refractivity contribution in [2.75, 3.05) is 14.2 Å². The van der Waals surface area contributed by atoms with Crippen molar-refractivity contribution in [1.29, 1.82) is 0 Å². The highest BCUT2D eigenvalue weighted by molar-refractivity contribution is 6.47. The van der Waals surface area contributed by atoms with Gasteiger partial charge in [0.25, 0.3) is 11.7 Å². The molecule has 1 amide bonds. The normalized spacial score (nSPS) is 16.8. The summed E-state index contributed by atoms with van der Waals surface area (Å²) >= 11 is 6.33. The fourth-order valence-corrected chi connectivity index (χ4v) is 4.29. The van der Waals surface area contributed by atoms with Crippen molar-refractivity contribution in [1.82, 2.24) is 4.90 Å².